The summed E-state index contributed by atoms with van der Waals surface area (Å²) in [7, 11) is 0. The van der Waals surface area contributed by atoms with E-state index in [0.29, 0.717) is 12.0 Å². The molecular formula is C28H28N4O2. The number of aryl methyl sites for hydroxylation is 1. The van der Waals surface area contributed by atoms with Crippen molar-refractivity contribution in [3.8, 4) is 33.9 Å². The third kappa shape index (κ3) is 3.69. The predicted octanol–water partition coefficient (Wildman–Crippen LogP) is 6.53. The molecule has 0 spiro atoms. The van der Waals surface area contributed by atoms with Gasteiger partial charge >= 0.3 is 5.97 Å². The lowest BCUT2D eigenvalue weighted by Gasteiger charge is -2.17. The summed E-state index contributed by atoms with van der Waals surface area (Å²) < 4.78 is 2.43. The lowest BCUT2D eigenvalue weighted by Crippen LogP contribution is -2.08. The average molecular weight is 453 g/mol. The normalized spacial score (nSPS) is 17.7. The molecule has 0 saturated heterocycles. The monoisotopic (exact) mass is 452 g/mol. The van der Waals surface area contributed by atoms with E-state index < -0.39 is 5.97 Å². The van der Waals surface area contributed by atoms with Gasteiger partial charge in [0.1, 0.15) is 11.5 Å². The first-order chi connectivity index (χ1) is 16.6. The summed E-state index contributed by atoms with van der Waals surface area (Å²) >= 11 is 0. The molecule has 1 aromatic carbocycles. The Morgan fingerprint density at radius 2 is 1.76 bits per heavy atom. The SMILES string of the molecule is CC.Cc1cccc(-c2nc3n(c2-c2ccnc(-c4ccc(C(=O)O)cc4)c2)C2CCC3C2)n1. The van der Waals surface area contributed by atoms with Gasteiger partial charge in [-0.05, 0) is 62.6 Å². The van der Waals surface area contributed by atoms with E-state index in [-0.39, 0.29) is 5.56 Å². The van der Waals surface area contributed by atoms with E-state index in [4.69, 9.17) is 9.97 Å². The molecule has 2 aliphatic rings. The fourth-order valence-corrected chi connectivity index (χ4v) is 5.18. The van der Waals surface area contributed by atoms with Crippen molar-refractivity contribution in [2.75, 3.05) is 0 Å². The quantitative estimate of drug-likeness (QED) is 0.381. The van der Waals surface area contributed by atoms with Crippen LogP contribution in [0.3, 0.4) is 0 Å². The van der Waals surface area contributed by atoms with Gasteiger partial charge in [-0.1, -0.05) is 32.0 Å². The number of hydrogen-bond acceptors (Lipinski definition) is 4. The van der Waals surface area contributed by atoms with Gasteiger partial charge in [0.15, 0.2) is 0 Å². The van der Waals surface area contributed by atoms with E-state index in [1.54, 1.807) is 24.3 Å². The molecule has 6 rings (SSSR count). The van der Waals surface area contributed by atoms with Crippen molar-refractivity contribution in [2.45, 2.75) is 52.0 Å². The molecule has 1 aliphatic heterocycles. The van der Waals surface area contributed by atoms with Crippen molar-refractivity contribution in [2.24, 2.45) is 0 Å². The third-order valence-electron chi connectivity index (χ3n) is 6.67. The zero-order valence-electron chi connectivity index (χ0n) is 19.7. The minimum absolute atomic E-state index is 0.266. The second-order valence-electron chi connectivity index (χ2n) is 8.68. The number of nitrogens with zero attached hydrogens (tertiary/aromatic N) is 4. The van der Waals surface area contributed by atoms with Crippen LogP contribution in [0.1, 0.15) is 66.9 Å². The van der Waals surface area contributed by atoms with Crippen molar-refractivity contribution in [1.82, 2.24) is 19.5 Å². The Morgan fingerprint density at radius 3 is 2.50 bits per heavy atom. The van der Waals surface area contributed by atoms with Crippen molar-refractivity contribution in [1.29, 1.82) is 0 Å². The van der Waals surface area contributed by atoms with Crippen molar-refractivity contribution >= 4 is 5.97 Å². The molecule has 2 bridgehead atoms. The summed E-state index contributed by atoms with van der Waals surface area (Å²) in [5.41, 5.74) is 6.92. The van der Waals surface area contributed by atoms with Crippen LogP contribution in [-0.2, 0) is 0 Å². The zero-order valence-corrected chi connectivity index (χ0v) is 19.7. The first kappa shape index (κ1) is 22.0. The van der Waals surface area contributed by atoms with E-state index >= 15 is 0 Å². The molecule has 1 fully saturated rings. The maximum Gasteiger partial charge on any atom is 0.335 e. The molecule has 6 heteroatoms. The van der Waals surface area contributed by atoms with Crippen LogP contribution in [0.15, 0.2) is 60.8 Å². The Labute approximate surface area is 199 Å². The number of benzene rings is 1. The second kappa shape index (κ2) is 8.86. The molecule has 4 aromatic rings. The maximum absolute atomic E-state index is 11.2. The van der Waals surface area contributed by atoms with Crippen LogP contribution in [-0.4, -0.2) is 30.6 Å². The molecule has 172 valence electrons. The summed E-state index contributed by atoms with van der Waals surface area (Å²) in [5.74, 6) is 0.777. The third-order valence-corrected chi connectivity index (χ3v) is 6.67. The van der Waals surface area contributed by atoms with E-state index in [9.17, 15) is 9.90 Å². The van der Waals surface area contributed by atoms with Gasteiger partial charge in [0.25, 0.3) is 0 Å². The fourth-order valence-electron chi connectivity index (χ4n) is 5.18. The van der Waals surface area contributed by atoms with Crippen LogP contribution < -0.4 is 0 Å². The molecule has 0 amide bonds. The van der Waals surface area contributed by atoms with E-state index in [1.807, 2.05) is 51.2 Å². The predicted molar refractivity (Wildman–Crippen MR) is 133 cm³/mol. The average Bonchev–Trinajstić information content (AvgIpc) is 3.58. The van der Waals surface area contributed by atoms with Gasteiger partial charge in [-0.25, -0.2) is 9.78 Å². The van der Waals surface area contributed by atoms with Gasteiger partial charge in [-0.2, -0.15) is 0 Å². The van der Waals surface area contributed by atoms with Crippen LogP contribution >= 0.6 is 0 Å². The van der Waals surface area contributed by atoms with Gasteiger partial charge in [0, 0.05) is 35.0 Å². The molecule has 1 N–H and O–H groups in total. The molecule has 6 nitrogen and oxygen atoms in total. The fraction of sp³-hybridized carbons (Fsp3) is 0.286. The molecule has 4 heterocycles. The van der Waals surface area contributed by atoms with Crippen LogP contribution in [0.5, 0.6) is 0 Å². The second-order valence-corrected chi connectivity index (χ2v) is 8.68. The standard InChI is InChI=1S/C26H22N4O2.C2H6/c1-15-3-2-4-21(28-15)23-24(30-20-10-9-19(13-20)25(30)29-23)18-11-12-27-22(14-18)16-5-7-17(8-6-16)26(31)32;1-2/h2-8,11-12,14,19-20H,9-10,13H2,1H3,(H,31,32);1-2H3. The van der Waals surface area contributed by atoms with Crippen molar-refractivity contribution < 1.29 is 9.90 Å². The molecule has 2 unspecified atom stereocenters. The zero-order chi connectivity index (χ0) is 23.8. The smallest absolute Gasteiger partial charge is 0.335 e. The van der Waals surface area contributed by atoms with Crippen molar-refractivity contribution in [3.05, 3.63) is 77.9 Å². The van der Waals surface area contributed by atoms with E-state index in [0.717, 1.165) is 39.6 Å². The molecular weight excluding hydrogens is 424 g/mol. The molecule has 2 atom stereocenters. The van der Waals surface area contributed by atoms with Gasteiger partial charge < -0.3 is 9.67 Å². The van der Waals surface area contributed by atoms with Crippen LogP contribution in [0.25, 0.3) is 33.9 Å². The minimum Gasteiger partial charge on any atom is -0.478 e. The molecule has 3 aromatic heterocycles. The summed E-state index contributed by atoms with van der Waals surface area (Å²) in [6.07, 6.45) is 5.39. The number of fused-ring (bicyclic) bond motifs is 5. The van der Waals surface area contributed by atoms with Crippen LogP contribution in [0.2, 0.25) is 0 Å². The van der Waals surface area contributed by atoms with E-state index in [1.165, 1.54) is 25.1 Å². The summed E-state index contributed by atoms with van der Waals surface area (Å²) in [4.78, 5) is 25.6. The molecule has 1 saturated carbocycles. The maximum atomic E-state index is 11.2. The number of hydrogen-bond donors (Lipinski definition) is 1. The first-order valence-electron chi connectivity index (χ1n) is 11.9. The summed E-state index contributed by atoms with van der Waals surface area (Å²) in [6, 6.07) is 17.5. The van der Waals surface area contributed by atoms with Crippen molar-refractivity contribution in [3.63, 3.8) is 0 Å². The number of rotatable bonds is 4. The molecule has 0 radical (unpaired) electrons. The lowest BCUT2D eigenvalue weighted by atomic mass is 10.0. The number of imidazole rings is 1. The Bertz CT molecular complexity index is 1360. The Hall–Kier alpha value is -3.80. The highest BCUT2D eigenvalue weighted by atomic mass is 16.4. The molecule has 34 heavy (non-hydrogen) atoms. The highest BCUT2D eigenvalue weighted by Gasteiger charge is 2.41. The topological polar surface area (TPSA) is 80.9 Å². The Balaban J connectivity index is 0.00000117. The summed E-state index contributed by atoms with van der Waals surface area (Å²) in [6.45, 7) is 6.00. The molecule has 1 aliphatic carbocycles. The van der Waals surface area contributed by atoms with Crippen LogP contribution in [0.4, 0.5) is 0 Å². The number of pyridine rings is 2. The van der Waals surface area contributed by atoms with Gasteiger partial charge in [0.2, 0.25) is 0 Å². The number of carbonyl (C=O) groups is 1. The Kier molecular flexibility index (Phi) is 5.74. The summed E-state index contributed by atoms with van der Waals surface area (Å²) in [5, 5.41) is 9.18. The lowest BCUT2D eigenvalue weighted by molar-refractivity contribution is 0.0697. The first-order valence-corrected chi connectivity index (χ1v) is 11.9. The Morgan fingerprint density at radius 1 is 0.971 bits per heavy atom. The largest absolute Gasteiger partial charge is 0.478 e. The van der Waals surface area contributed by atoms with Crippen LogP contribution in [0, 0.1) is 6.92 Å². The van der Waals surface area contributed by atoms with Gasteiger partial charge in [-0.3, -0.25) is 9.97 Å². The number of aromatic nitrogens is 4. The highest BCUT2D eigenvalue weighted by Crippen LogP contribution is 2.52. The van der Waals surface area contributed by atoms with Gasteiger partial charge in [0.05, 0.1) is 22.6 Å². The van der Waals surface area contributed by atoms with E-state index in [2.05, 4.69) is 15.6 Å². The number of carboxylic acid groups (broad SMARTS) is 1. The highest BCUT2D eigenvalue weighted by molar-refractivity contribution is 5.88. The number of aromatic carboxylic acids is 1. The number of carboxylic acids is 1. The van der Waals surface area contributed by atoms with Gasteiger partial charge in [-0.15, -0.1) is 0 Å². The minimum atomic E-state index is -0.932.